The Morgan fingerprint density at radius 3 is 1.52 bits per heavy atom. The van der Waals surface area contributed by atoms with Crippen LogP contribution in [0, 0.1) is 13.8 Å². The monoisotopic (exact) mass is 554 g/mol. The molecule has 0 bridgehead atoms. The van der Waals surface area contributed by atoms with Gasteiger partial charge in [-0.15, -0.1) is 0 Å². The molecule has 0 radical (unpaired) electrons. The van der Waals surface area contributed by atoms with E-state index in [1.165, 1.54) is 14.2 Å². The zero-order valence-corrected chi connectivity index (χ0v) is 23.9. The molecule has 0 amide bonds. The Hall–Kier alpha value is -5.36. The summed E-state index contributed by atoms with van der Waals surface area (Å²) in [6, 6.07) is 36.5. The second-order valence-electron chi connectivity index (χ2n) is 10.2. The molecule has 0 aliphatic rings. The molecule has 2 heterocycles. The van der Waals surface area contributed by atoms with Crippen LogP contribution < -0.4 is 0 Å². The summed E-state index contributed by atoms with van der Waals surface area (Å²) in [7, 11) is 2.76. The van der Waals surface area contributed by atoms with Crippen molar-refractivity contribution in [1.82, 2.24) is 9.35 Å². The van der Waals surface area contributed by atoms with E-state index in [0.717, 1.165) is 44.4 Å². The summed E-state index contributed by atoms with van der Waals surface area (Å²) in [5.41, 5.74) is 7.85. The fraction of sp³-hybridized carbons (Fsp3) is 0.111. The number of hydrogen-bond donors (Lipinski definition) is 0. The van der Waals surface area contributed by atoms with Crippen molar-refractivity contribution in [1.29, 1.82) is 0 Å². The maximum Gasteiger partial charge on any atom is 0.339 e. The van der Waals surface area contributed by atoms with Crippen molar-refractivity contribution in [2.75, 3.05) is 14.2 Å². The standard InChI is InChI=1S/C36H30N2O4/c1-23-31(35(39)41-3)21-33(28-17-14-27(15-18-28)25-10-6-5-7-11-25)37(23)38-24(2)32(36(40)42-4)22-34(38)30-19-16-26-12-8-9-13-29(26)20-30/h5-22H,1-4H3. The van der Waals surface area contributed by atoms with Gasteiger partial charge in [-0.05, 0) is 53.9 Å². The number of ether oxygens (including phenoxy) is 2. The summed E-state index contributed by atoms with van der Waals surface area (Å²) < 4.78 is 14.3. The van der Waals surface area contributed by atoms with E-state index in [9.17, 15) is 9.59 Å². The molecule has 0 atom stereocenters. The number of esters is 2. The second-order valence-corrected chi connectivity index (χ2v) is 10.2. The molecule has 0 saturated heterocycles. The maximum absolute atomic E-state index is 12.9. The fourth-order valence-electron chi connectivity index (χ4n) is 5.57. The minimum Gasteiger partial charge on any atom is -0.465 e. The van der Waals surface area contributed by atoms with Crippen LogP contribution in [0.1, 0.15) is 32.1 Å². The number of rotatable bonds is 6. The van der Waals surface area contributed by atoms with Crippen LogP contribution in [-0.4, -0.2) is 35.5 Å². The van der Waals surface area contributed by atoms with E-state index >= 15 is 0 Å². The van der Waals surface area contributed by atoms with Crippen molar-refractivity contribution >= 4 is 22.7 Å². The topological polar surface area (TPSA) is 62.5 Å². The molecule has 0 aliphatic heterocycles. The number of fused-ring (bicyclic) bond motifs is 1. The molecule has 4 aromatic carbocycles. The number of aromatic nitrogens is 2. The molecular formula is C36H30N2O4. The lowest BCUT2D eigenvalue weighted by Crippen LogP contribution is -2.17. The van der Waals surface area contributed by atoms with Gasteiger partial charge in [0.15, 0.2) is 0 Å². The highest BCUT2D eigenvalue weighted by Crippen LogP contribution is 2.35. The minimum absolute atomic E-state index is 0.431. The molecule has 42 heavy (non-hydrogen) atoms. The highest BCUT2D eigenvalue weighted by atomic mass is 16.5. The summed E-state index contributed by atoms with van der Waals surface area (Å²) in [5, 5.41) is 2.20. The zero-order valence-electron chi connectivity index (χ0n) is 23.9. The van der Waals surface area contributed by atoms with Gasteiger partial charge in [0.05, 0.1) is 48.1 Å². The Balaban J connectivity index is 1.61. The lowest BCUT2D eigenvalue weighted by molar-refractivity contribution is 0.0590. The molecule has 0 unspecified atom stereocenters. The number of carbonyl (C=O) groups is 2. The predicted octanol–water partition coefficient (Wildman–Crippen LogP) is 7.95. The van der Waals surface area contributed by atoms with Gasteiger partial charge in [-0.1, -0.05) is 91.0 Å². The van der Waals surface area contributed by atoms with E-state index < -0.39 is 11.9 Å². The SMILES string of the molecule is COC(=O)c1cc(-c2ccc(-c3ccccc3)cc2)n(-n2c(-c3ccc4ccccc4c3)cc(C(=O)OC)c2C)c1C. The van der Waals surface area contributed by atoms with Gasteiger partial charge in [0.2, 0.25) is 0 Å². The van der Waals surface area contributed by atoms with Crippen LogP contribution in [0.15, 0.2) is 109 Å². The molecule has 6 aromatic rings. The lowest BCUT2D eigenvalue weighted by atomic mass is 10.0. The highest BCUT2D eigenvalue weighted by Gasteiger charge is 2.26. The third kappa shape index (κ3) is 4.57. The summed E-state index contributed by atoms with van der Waals surface area (Å²) in [4.78, 5) is 25.9. The van der Waals surface area contributed by atoms with Crippen LogP contribution in [0.2, 0.25) is 0 Å². The van der Waals surface area contributed by atoms with Gasteiger partial charge < -0.3 is 9.47 Å². The molecule has 0 fully saturated rings. The molecule has 208 valence electrons. The highest BCUT2D eigenvalue weighted by molar-refractivity contribution is 5.95. The van der Waals surface area contributed by atoms with E-state index in [1.807, 2.05) is 83.9 Å². The van der Waals surface area contributed by atoms with E-state index in [0.29, 0.717) is 22.5 Å². The van der Waals surface area contributed by atoms with Crippen LogP contribution >= 0.6 is 0 Å². The number of nitrogens with zero attached hydrogens (tertiary/aromatic N) is 2. The van der Waals surface area contributed by atoms with Crippen molar-refractivity contribution in [3.8, 4) is 33.6 Å². The van der Waals surface area contributed by atoms with Gasteiger partial charge >= 0.3 is 11.9 Å². The molecular weight excluding hydrogens is 524 g/mol. The largest absolute Gasteiger partial charge is 0.465 e. The van der Waals surface area contributed by atoms with Gasteiger partial charge in [-0.25, -0.2) is 9.59 Å². The van der Waals surface area contributed by atoms with Crippen molar-refractivity contribution in [2.45, 2.75) is 13.8 Å². The third-order valence-corrected chi connectivity index (χ3v) is 7.78. The first-order valence-electron chi connectivity index (χ1n) is 13.7. The number of benzene rings is 4. The van der Waals surface area contributed by atoms with Gasteiger partial charge in [0.1, 0.15) is 0 Å². The quantitative estimate of drug-likeness (QED) is 0.196. The van der Waals surface area contributed by atoms with Gasteiger partial charge in [-0.2, -0.15) is 0 Å². The molecule has 0 saturated carbocycles. The van der Waals surface area contributed by atoms with Crippen molar-refractivity contribution < 1.29 is 19.1 Å². The van der Waals surface area contributed by atoms with Gasteiger partial charge in [0, 0.05) is 11.1 Å². The van der Waals surface area contributed by atoms with E-state index in [2.05, 4.69) is 48.5 Å². The lowest BCUT2D eigenvalue weighted by Gasteiger charge is -2.20. The first-order chi connectivity index (χ1) is 20.4. The average Bonchev–Trinajstić information content (AvgIpc) is 3.56. The summed E-state index contributed by atoms with van der Waals surface area (Å²) in [6.45, 7) is 3.77. The number of methoxy groups -OCH3 is 2. The van der Waals surface area contributed by atoms with Crippen LogP contribution in [0.3, 0.4) is 0 Å². The summed E-state index contributed by atoms with van der Waals surface area (Å²) >= 11 is 0. The molecule has 0 N–H and O–H groups in total. The van der Waals surface area contributed by atoms with Crippen LogP contribution in [0.25, 0.3) is 44.4 Å². The van der Waals surface area contributed by atoms with Crippen molar-refractivity contribution in [3.63, 3.8) is 0 Å². The fourth-order valence-corrected chi connectivity index (χ4v) is 5.57. The maximum atomic E-state index is 12.9. The molecule has 6 nitrogen and oxygen atoms in total. The Morgan fingerprint density at radius 2 is 0.952 bits per heavy atom. The first kappa shape index (κ1) is 26.8. The van der Waals surface area contributed by atoms with Crippen LogP contribution in [0.4, 0.5) is 0 Å². The molecule has 6 rings (SSSR count). The minimum atomic E-state index is -0.432. The Labute approximate surface area is 244 Å². The predicted molar refractivity (Wildman–Crippen MR) is 166 cm³/mol. The molecule has 0 spiro atoms. The van der Waals surface area contributed by atoms with Crippen LogP contribution in [0.5, 0.6) is 0 Å². The van der Waals surface area contributed by atoms with E-state index in [-0.39, 0.29) is 0 Å². The van der Waals surface area contributed by atoms with E-state index in [1.54, 1.807) is 0 Å². The number of carbonyl (C=O) groups excluding carboxylic acids is 2. The Morgan fingerprint density at radius 1 is 0.500 bits per heavy atom. The third-order valence-electron chi connectivity index (χ3n) is 7.78. The Bertz CT molecular complexity index is 1950. The van der Waals surface area contributed by atoms with Gasteiger partial charge in [-0.3, -0.25) is 9.35 Å². The van der Waals surface area contributed by atoms with Crippen LogP contribution in [-0.2, 0) is 9.47 Å². The zero-order chi connectivity index (χ0) is 29.4. The summed E-state index contributed by atoms with van der Waals surface area (Å²) in [6.07, 6.45) is 0. The Kier molecular flexibility index (Phi) is 6.97. The van der Waals surface area contributed by atoms with Crippen molar-refractivity contribution in [3.05, 3.63) is 132 Å². The first-order valence-corrected chi connectivity index (χ1v) is 13.7. The van der Waals surface area contributed by atoms with E-state index in [4.69, 9.17) is 9.47 Å². The average molecular weight is 555 g/mol. The molecule has 0 aliphatic carbocycles. The van der Waals surface area contributed by atoms with Gasteiger partial charge in [0.25, 0.3) is 0 Å². The summed E-state index contributed by atoms with van der Waals surface area (Å²) in [5.74, 6) is -0.862. The normalized spacial score (nSPS) is 11.0. The van der Waals surface area contributed by atoms with Crippen molar-refractivity contribution in [2.24, 2.45) is 0 Å². The smallest absolute Gasteiger partial charge is 0.339 e. The second kappa shape index (κ2) is 10.9. The molecule has 6 heteroatoms. The number of hydrogen-bond acceptors (Lipinski definition) is 4. The molecule has 2 aromatic heterocycles.